The molecule has 0 atom stereocenters. The lowest BCUT2D eigenvalue weighted by atomic mass is 9.81. The largest absolute Gasteiger partial charge is 0.309 e. The average Bonchev–Trinajstić information content (AvgIpc) is 2.61. The molecule has 0 radical (unpaired) electrons. The summed E-state index contributed by atoms with van der Waals surface area (Å²) in [7, 11) is 0. The lowest BCUT2D eigenvalue weighted by Gasteiger charge is -2.22. The van der Waals surface area contributed by atoms with Gasteiger partial charge in [0.05, 0.1) is 33.5 Å². The molecule has 0 saturated carbocycles. The monoisotopic (exact) mass is 1100 g/mol. The second kappa shape index (κ2) is 18.9. The molecule has 2 aliphatic carbocycles. The van der Waals surface area contributed by atoms with Crippen LogP contribution >= 0.6 is 0 Å². The van der Waals surface area contributed by atoms with Crippen LogP contribution in [0, 0.1) is 0 Å². The van der Waals surface area contributed by atoms with E-state index in [1.54, 1.807) is 0 Å². The number of rotatable bonds is 8. The Morgan fingerprint density at radius 3 is 1.24 bits per heavy atom. The van der Waals surface area contributed by atoms with Crippen molar-refractivity contribution in [1.82, 2.24) is 19.1 Å². The van der Waals surface area contributed by atoms with E-state index in [-0.39, 0.29) is 10.8 Å². The van der Waals surface area contributed by atoms with Crippen LogP contribution in [-0.4, -0.2) is 19.1 Å². The van der Waals surface area contributed by atoms with Gasteiger partial charge in [0.15, 0.2) is 0 Å². The molecule has 0 unspecified atom stereocenters. The van der Waals surface area contributed by atoms with Gasteiger partial charge in [0, 0.05) is 49.2 Å². The Kier molecular flexibility index (Phi) is 11.0. The Labute approximate surface area is 500 Å². The van der Waals surface area contributed by atoms with Crippen LogP contribution in [-0.2, 0) is 10.8 Å². The zero-order chi connectivity index (χ0) is 57.4. The van der Waals surface area contributed by atoms with E-state index in [1.807, 2.05) is 0 Å². The Morgan fingerprint density at radius 2 is 0.651 bits per heavy atom. The van der Waals surface area contributed by atoms with Gasteiger partial charge in [0.2, 0.25) is 5.95 Å². The highest BCUT2D eigenvalue weighted by molar-refractivity contribution is 6.11. The van der Waals surface area contributed by atoms with Gasteiger partial charge < -0.3 is 4.57 Å². The first-order chi connectivity index (χ1) is 42.1. The predicted octanol–water partition coefficient (Wildman–Crippen LogP) is 21.3. The van der Waals surface area contributed by atoms with Crippen molar-refractivity contribution in [2.75, 3.05) is 0 Å². The Hall–Kier alpha value is -10.7. The lowest BCUT2D eigenvalue weighted by Crippen LogP contribution is -2.14. The highest BCUT2D eigenvalue weighted by Crippen LogP contribution is 2.52. The van der Waals surface area contributed by atoms with Gasteiger partial charge in [-0.05, 0) is 150 Å². The van der Waals surface area contributed by atoms with Crippen molar-refractivity contribution >= 4 is 43.6 Å². The van der Waals surface area contributed by atoms with E-state index in [4.69, 9.17) is 9.97 Å². The molecule has 3 heterocycles. The van der Waals surface area contributed by atoms with Crippen LogP contribution in [0.5, 0.6) is 0 Å². The summed E-state index contributed by atoms with van der Waals surface area (Å²) in [6.45, 7) is 9.42. The maximum Gasteiger partial charge on any atom is 0.235 e. The second-order valence-corrected chi connectivity index (χ2v) is 24.5. The van der Waals surface area contributed by atoms with Crippen LogP contribution < -0.4 is 0 Å². The number of benzene rings is 12. The minimum Gasteiger partial charge on any atom is -0.309 e. The van der Waals surface area contributed by atoms with Gasteiger partial charge in [0.1, 0.15) is 0 Å². The minimum atomic E-state index is -0.123. The maximum absolute atomic E-state index is 5.70. The van der Waals surface area contributed by atoms with Crippen LogP contribution in [0.3, 0.4) is 0 Å². The molecule has 15 aromatic rings. The van der Waals surface area contributed by atoms with E-state index in [2.05, 4.69) is 316 Å². The van der Waals surface area contributed by atoms with Crippen molar-refractivity contribution < 1.29 is 0 Å². The molecule has 0 fully saturated rings. The Bertz CT molecular complexity index is 5300. The predicted molar refractivity (Wildman–Crippen MR) is 358 cm³/mol. The molecule has 3 aromatic heterocycles. The standard InChI is InChI=1S/C82H58N4/c1-81(2)70-32-14-10-28-62(70)64-40-36-52(46-72(64)81)54-38-42-68-66-30-12-16-34-76(66)85(78(68)48-54)59-25-19-24-58(45-59)75-50-74(57-23-18-22-56(44-57)61-27-9-8-26-60(61)51-20-6-5-7-21-51)83-80(84-75)86-77-35-17-13-31-67(77)69-43-39-55(49-79(69)86)53-37-41-65-63-29-11-15-33-71(63)82(3,4)73(65)47-53/h5-50H,1-4H3. The number of nitrogens with zero attached hydrogens (tertiary/aromatic N) is 4. The van der Waals surface area contributed by atoms with Gasteiger partial charge in [-0.25, -0.2) is 9.97 Å². The maximum atomic E-state index is 5.70. The number of hydrogen-bond donors (Lipinski definition) is 0. The molecule has 2 aliphatic rings. The zero-order valence-electron chi connectivity index (χ0n) is 48.3. The SMILES string of the molecule is CC1(C)c2ccccc2-c2ccc(-c3ccc4c5ccccc5n(-c5cccc(-c6cc(-c7cccc(-c8ccccc8-c8ccccc8)c7)nc(-n7c8ccccc8c8ccc(-c9ccc%10c(c9)C(C)(C)c9ccccc9-%10)cc87)n6)c5)c4c3)cc21. The molecule has 17 rings (SSSR count). The zero-order valence-corrected chi connectivity index (χ0v) is 48.3. The van der Waals surface area contributed by atoms with Gasteiger partial charge in [-0.15, -0.1) is 0 Å². The number of aromatic nitrogens is 4. The smallest absolute Gasteiger partial charge is 0.235 e. The molecule has 0 aliphatic heterocycles. The molecule has 406 valence electrons. The van der Waals surface area contributed by atoms with Crippen molar-refractivity contribution in [2.45, 2.75) is 38.5 Å². The summed E-state index contributed by atoms with van der Waals surface area (Å²) in [6.07, 6.45) is 0. The highest BCUT2D eigenvalue weighted by atomic mass is 15.2. The molecule has 4 heteroatoms. The summed E-state index contributed by atoms with van der Waals surface area (Å²) in [5.41, 5.74) is 29.0. The Balaban J connectivity index is 0.847. The van der Waals surface area contributed by atoms with Crippen LogP contribution in [0.2, 0.25) is 0 Å². The molecule has 4 nitrogen and oxygen atoms in total. The van der Waals surface area contributed by atoms with E-state index in [0.717, 1.165) is 77.7 Å². The number of hydrogen-bond acceptors (Lipinski definition) is 2. The van der Waals surface area contributed by atoms with Crippen molar-refractivity contribution in [3.63, 3.8) is 0 Å². The van der Waals surface area contributed by atoms with Gasteiger partial charge in [-0.1, -0.05) is 246 Å². The third-order valence-corrected chi connectivity index (χ3v) is 19.0. The van der Waals surface area contributed by atoms with Crippen molar-refractivity contribution in [3.05, 3.63) is 301 Å². The van der Waals surface area contributed by atoms with E-state index in [1.165, 1.54) is 83.1 Å². The van der Waals surface area contributed by atoms with E-state index in [9.17, 15) is 0 Å². The van der Waals surface area contributed by atoms with Gasteiger partial charge in [0.25, 0.3) is 0 Å². The van der Waals surface area contributed by atoms with Crippen LogP contribution in [0.15, 0.2) is 279 Å². The first-order valence-corrected chi connectivity index (χ1v) is 30.0. The van der Waals surface area contributed by atoms with Crippen molar-refractivity contribution in [1.29, 1.82) is 0 Å². The summed E-state index contributed by atoms with van der Waals surface area (Å²) in [5.74, 6) is 0.606. The van der Waals surface area contributed by atoms with Crippen LogP contribution in [0.4, 0.5) is 0 Å². The van der Waals surface area contributed by atoms with Crippen LogP contribution in [0.1, 0.15) is 49.9 Å². The lowest BCUT2D eigenvalue weighted by molar-refractivity contribution is 0.660. The molecular formula is C82H58N4. The topological polar surface area (TPSA) is 35.6 Å². The first-order valence-electron chi connectivity index (χ1n) is 30.0. The first kappa shape index (κ1) is 49.9. The van der Waals surface area contributed by atoms with Gasteiger partial charge in [-0.3, -0.25) is 4.57 Å². The molecule has 12 aromatic carbocycles. The molecule has 0 saturated heterocycles. The fourth-order valence-corrected chi connectivity index (χ4v) is 14.6. The van der Waals surface area contributed by atoms with Crippen molar-refractivity contribution in [2.24, 2.45) is 0 Å². The highest BCUT2D eigenvalue weighted by Gasteiger charge is 2.37. The van der Waals surface area contributed by atoms with E-state index < -0.39 is 0 Å². The van der Waals surface area contributed by atoms with E-state index >= 15 is 0 Å². The van der Waals surface area contributed by atoms with E-state index in [0.29, 0.717) is 5.95 Å². The number of para-hydroxylation sites is 2. The number of fused-ring (bicyclic) bond motifs is 12. The summed E-state index contributed by atoms with van der Waals surface area (Å²) >= 11 is 0. The average molecular weight is 1100 g/mol. The fourth-order valence-electron chi connectivity index (χ4n) is 14.6. The minimum absolute atomic E-state index is 0.0999. The molecule has 0 bridgehead atoms. The third-order valence-electron chi connectivity index (χ3n) is 19.0. The normalized spacial score (nSPS) is 13.5. The summed E-state index contributed by atoms with van der Waals surface area (Å²) in [4.78, 5) is 11.4. The fraction of sp³-hybridized carbons (Fsp3) is 0.0732. The summed E-state index contributed by atoms with van der Waals surface area (Å²) in [5, 5.41) is 4.72. The second-order valence-electron chi connectivity index (χ2n) is 24.5. The quantitative estimate of drug-likeness (QED) is 0.152. The van der Waals surface area contributed by atoms with Gasteiger partial charge in [-0.2, -0.15) is 0 Å². The molecule has 0 amide bonds. The molecule has 0 spiro atoms. The molecule has 0 N–H and O–H groups in total. The van der Waals surface area contributed by atoms with Crippen molar-refractivity contribution in [3.8, 4) is 101 Å². The molecular weight excluding hydrogens is 1040 g/mol. The summed E-state index contributed by atoms with van der Waals surface area (Å²) in [6, 6.07) is 103. The van der Waals surface area contributed by atoms with Gasteiger partial charge >= 0.3 is 0 Å². The Morgan fingerprint density at radius 1 is 0.244 bits per heavy atom. The van der Waals surface area contributed by atoms with Crippen LogP contribution in [0.25, 0.3) is 145 Å². The third kappa shape index (κ3) is 7.62. The molecule has 86 heavy (non-hydrogen) atoms. The summed E-state index contributed by atoms with van der Waals surface area (Å²) < 4.78 is 4.73.